The summed E-state index contributed by atoms with van der Waals surface area (Å²) in [4.78, 5) is 39.0. The molecule has 1 N–H and O–H groups in total. The molecule has 0 spiro atoms. The Bertz CT molecular complexity index is 1180. The Morgan fingerprint density at radius 3 is 2.39 bits per heavy atom. The number of amides is 3. The molecular weight excluding hydrogens is 416 g/mol. The average Bonchev–Trinajstić information content (AvgIpc) is 3.45. The summed E-state index contributed by atoms with van der Waals surface area (Å²) in [5.41, 5.74) is 3.28. The molecule has 3 aromatic rings. The van der Waals surface area contributed by atoms with Crippen LogP contribution < -0.4 is 10.1 Å². The first-order valence-corrected chi connectivity index (χ1v) is 10.8. The predicted molar refractivity (Wildman–Crippen MR) is 116 cm³/mol. The summed E-state index contributed by atoms with van der Waals surface area (Å²) in [5, 5.41) is 7.54. The summed E-state index contributed by atoms with van der Waals surface area (Å²) < 4.78 is 6.89. The van der Waals surface area contributed by atoms with Crippen molar-refractivity contribution in [1.29, 1.82) is 0 Å². The van der Waals surface area contributed by atoms with Crippen LogP contribution in [0.15, 0.2) is 48.5 Å². The van der Waals surface area contributed by atoms with E-state index in [1.54, 1.807) is 47.8 Å². The fraction of sp³-hybridized carbons (Fsp3) is 0.182. The van der Waals surface area contributed by atoms with Crippen molar-refractivity contribution >= 4 is 35.3 Å². The third-order valence-electron chi connectivity index (χ3n) is 5.31. The van der Waals surface area contributed by atoms with Crippen molar-refractivity contribution in [3.8, 4) is 11.4 Å². The Hall–Kier alpha value is -3.59. The van der Waals surface area contributed by atoms with Crippen molar-refractivity contribution in [3.63, 3.8) is 0 Å². The smallest absolute Gasteiger partial charge is 0.262 e. The van der Waals surface area contributed by atoms with Gasteiger partial charge in [-0.15, -0.1) is 0 Å². The minimum absolute atomic E-state index is 0.320. The van der Waals surface area contributed by atoms with E-state index in [9.17, 15) is 14.4 Å². The second-order valence-electron chi connectivity index (χ2n) is 7.17. The molecule has 9 heteroatoms. The summed E-state index contributed by atoms with van der Waals surface area (Å²) >= 11 is 1.72. The van der Waals surface area contributed by atoms with Gasteiger partial charge in [0.2, 0.25) is 5.91 Å². The van der Waals surface area contributed by atoms with Crippen LogP contribution in [0.5, 0.6) is 5.75 Å². The third-order valence-corrected chi connectivity index (χ3v) is 6.28. The van der Waals surface area contributed by atoms with E-state index in [0.717, 1.165) is 39.1 Å². The quantitative estimate of drug-likeness (QED) is 0.621. The monoisotopic (exact) mass is 434 g/mol. The topological polar surface area (TPSA) is 93.5 Å². The second kappa shape index (κ2) is 7.59. The zero-order valence-corrected chi connectivity index (χ0v) is 17.4. The van der Waals surface area contributed by atoms with Gasteiger partial charge in [0.25, 0.3) is 11.8 Å². The number of nitrogens with one attached hydrogen (secondary N) is 1. The fourth-order valence-electron chi connectivity index (χ4n) is 3.75. The molecule has 2 aliphatic heterocycles. The zero-order valence-electron chi connectivity index (χ0n) is 16.6. The van der Waals surface area contributed by atoms with Crippen molar-refractivity contribution < 1.29 is 19.1 Å². The maximum atomic E-state index is 12.9. The number of ether oxygens (including phenoxy) is 1. The van der Waals surface area contributed by atoms with Crippen molar-refractivity contribution in [3.05, 3.63) is 70.9 Å². The Balaban J connectivity index is 1.41. The van der Waals surface area contributed by atoms with Crippen LogP contribution in [-0.4, -0.2) is 46.1 Å². The number of benzene rings is 2. The van der Waals surface area contributed by atoms with Gasteiger partial charge in [-0.25, -0.2) is 4.68 Å². The lowest BCUT2D eigenvalue weighted by molar-refractivity contribution is -0.116. The number of hydrogen-bond donors (Lipinski definition) is 1. The number of nitrogens with zero attached hydrogens (tertiary/aromatic N) is 3. The summed E-state index contributed by atoms with van der Waals surface area (Å²) in [7, 11) is 1.60. The summed E-state index contributed by atoms with van der Waals surface area (Å²) in [6, 6.07) is 13.9. The number of fused-ring (bicyclic) bond motifs is 2. The molecule has 156 valence electrons. The first-order chi connectivity index (χ1) is 15.1. The number of methoxy groups -OCH3 is 1. The molecule has 31 heavy (non-hydrogen) atoms. The van der Waals surface area contributed by atoms with E-state index in [0.29, 0.717) is 16.9 Å². The minimum atomic E-state index is -0.458. The summed E-state index contributed by atoms with van der Waals surface area (Å²) in [6.45, 7) is -0.359. The van der Waals surface area contributed by atoms with Crippen LogP contribution in [0.4, 0.5) is 5.82 Å². The molecule has 0 bridgehead atoms. The molecule has 0 radical (unpaired) electrons. The molecule has 5 rings (SSSR count). The van der Waals surface area contributed by atoms with E-state index in [2.05, 4.69) is 10.4 Å². The lowest BCUT2D eigenvalue weighted by atomic mass is 10.1. The van der Waals surface area contributed by atoms with Gasteiger partial charge in [0.15, 0.2) is 0 Å². The zero-order chi connectivity index (χ0) is 21.5. The lowest BCUT2D eigenvalue weighted by Gasteiger charge is -2.15. The van der Waals surface area contributed by atoms with E-state index in [4.69, 9.17) is 4.74 Å². The minimum Gasteiger partial charge on any atom is -0.497 e. The van der Waals surface area contributed by atoms with Gasteiger partial charge in [-0.1, -0.05) is 12.1 Å². The van der Waals surface area contributed by atoms with Crippen molar-refractivity contribution in [1.82, 2.24) is 14.7 Å². The number of carbonyl (C=O) groups is 3. The van der Waals surface area contributed by atoms with Crippen LogP contribution in [0.25, 0.3) is 5.69 Å². The van der Waals surface area contributed by atoms with Gasteiger partial charge in [-0.05, 0) is 36.4 Å². The van der Waals surface area contributed by atoms with Gasteiger partial charge in [0.1, 0.15) is 18.1 Å². The molecule has 0 aliphatic carbocycles. The molecule has 0 fully saturated rings. The highest BCUT2D eigenvalue weighted by Crippen LogP contribution is 2.36. The normalized spacial score (nSPS) is 14.5. The highest BCUT2D eigenvalue weighted by atomic mass is 32.2. The number of anilines is 1. The molecule has 3 heterocycles. The van der Waals surface area contributed by atoms with Crippen molar-refractivity contribution in [2.75, 3.05) is 19.0 Å². The van der Waals surface area contributed by atoms with Crippen molar-refractivity contribution in [2.24, 2.45) is 0 Å². The standard InChI is InChI=1S/C22H18N4O4S/c1-30-14-8-6-13(7-9-14)26-20(17-11-31-12-18(17)24-26)23-19(27)10-25-21(28)15-4-2-3-5-16(15)22(25)29/h2-9H,10-12H2,1H3,(H,23,27). The Morgan fingerprint density at radius 1 is 1.06 bits per heavy atom. The molecule has 2 aliphatic rings. The predicted octanol–water partition coefficient (Wildman–Crippen LogP) is 2.86. The molecule has 2 aromatic carbocycles. The van der Waals surface area contributed by atoms with Gasteiger partial charge >= 0.3 is 0 Å². The lowest BCUT2D eigenvalue weighted by Crippen LogP contribution is -2.37. The van der Waals surface area contributed by atoms with Gasteiger partial charge in [-0.3, -0.25) is 19.3 Å². The highest BCUT2D eigenvalue weighted by molar-refractivity contribution is 7.98. The van der Waals surface area contributed by atoms with Crippen LogP contribution in [0.1, 0.15) is 32.0 Å². The maximum absolute atomic E-state index is 12.9. The fourth-order valence-corrected chi connectivity index (χ4v) is 4.78. The first-order valence-electron chi connectivity index (χ1n) is 9.65. The Labute approximate surface area is 182 Å². The number of aromatic nitrogens is 2. The second-order valence-corrected chi connectivity index (χ2v) is 8.15. The summed E-state index contributed by atoms with van der Waals surface area (Å²) in [5.74, 6) is 1.40. The van der Waals surface area contributed by atoms with Gasteiger partial charge in [0.05, 0.1) is 29.6 Å². The van der Waals surface area contributed by atoms with Crippen molar-refractivity contribution in [2.45, 2.75) is 11.5 Å². The Morgan fingerprint density at radius 2 is 1.74 bits per heavy atom. The molecular formula is C22H18N4O4S. The third kappa shape index (κ3) is 3.27. The number of imide groups is 1. The molecule has 0 saturated carbocycles. The molecule has 3 amide bonds. The van der Waals surface area contributed by atoms with Crippen LogP contribution in [-0.2, 0) is 16.3 Å². The van der Waals surface area contributed by atoms with Gasteiger partial charge in [-0.2, -0.15) is 16.9 Å². The van der Waals surface area contributed by atoms with E-state index in [-0.39, 0.29) is 6.54 Å². The maximum Gasteiger partial charge on any atom is 0.262 e. The van der Waals surface area contributed by atoms with Gasteiger partial charge in [0, 0.05) is 17.1 Å². The largest absolute Gasteiger partial charge is 0.497 e. The number of carbonyl (C=O) groups excluding carboxylic acids is 3. The SMILES string of the molecule is COc1ccc(-n2nc3c(c2NC(=O)CN2C(=O)c4ccccc4C2=O)CSC3)cc1. The molecule has 0 unspecified atom stereocenters. The average molecular weight is 434 g/mol. The number of rotatable bonds is 5. The number of hydrogen-bond acceptors (Lipinski definition) is 6. The van der Waals surface area contributed by atoms with E-state index < -0.39 is 17.7 Å². The van der Waals surface area contributed by atoms with Gasteiger partial charge < -0.3 is 10.1 Å². The van der Waals surface area contributed by atoms with Crippen LogP contribution >= 0.6 is 11.8 Å². The van der Waals surface area contributed by atoms with E-state index in [1.807, 2.05) is 24.3 Å². The molecule has 8 nitrogen and oxygen atoms in total. The highest BCUT2D eigenvalue weighted by Gasteiger charge is 2.36. The van der Waals surface area contributed by atoms with Crippen LogP contribution in [0.2, 0.25) is 0 Å². The molecule has 0 atom stereocenters. The number of thioether (sulfide) groups is 1. The van der Waals surface area contributed by atoms with E-state index >= 15 is 0 Å². The molecule has 0 saturated heterocycles. The van der Waals surface area contributed by atoms with E-state index in [1.165, 1.54) is 0 Å². The van der Waals surface area contributed by atoms with Crippen LogP contribution in [0.3, 0.4) is 0 Å². The molecule has 1 aromatic heterocycles. The summed E-state index contributed by atoms with van der Waals surface area (Å²) in [6.07, 6.45) is 0. The first kappa shape index (κ1) is 19.4. The Kier molecular flexibility index (Phi) is 4.74. The van der Waals surface area contributed by atoms with Crippen LogP contribution in [0, 0.1) is 0 Å².